The zero-order valence-corrected chi connectivity index (χ0v) is 17.0. The summed E-state index contributed by atoms with van der Waals surface area (Å²) in [5.41, 5.74) is 6.23. The number of allylic oxidation sites excluding steroid dienone is 3. The molecule has 0 radical (unpaired) electrons. The van der Waals surface area contributed by atoms with E-state index >= 15 is 0 Å². The average molecular weight is 371 g/mol. The van der Waals surface area contributed by atoms with Crippen molar-refractivity contribution >= 4 is 22.7 Å². The second-order valence-corrected chi connectivity index (χ2v) is 6.93. The Hall–Kier alpha value is -3.14. The van der Waals surface area contributed by atoms with Crippen LogP contribution in [0.4, 0.5) is 0 Å². The van der Waals surface area contributed by atoms with Crippen molar-refractivity contribution in [2.24, 2.45) is 4.99 Å². The van der Waals surface area contributed by atoms with Crippen LogP contribution in [0.5, 0.6) is 0 Å². The highest BCUT2D eigenvalue weighted by Crippen LogP contribution is 2.18. The Labute approximate surface area is 166 Å². The van der Waals surface area contributed by atoms with Gasteiger partial charge in [0.25, 0.3) is 0 Å². The maximum absolute atomic E-state index is 4.93. The fourth-order valence-electron chi connectivity index (χ4n) is 3.06. The first-order chi connectivity index (χ1) is 13.6. The SMILES string of the molecule is C/C=C\c1ncccc1/C(C)=N/C(CCc1ncc2ccccc2n1)=C(C)C. The Morgan fingerprint density at radius 2 is 1.86 bits per heavy atom. The first-order valence-corrected chi connectivity index (χ1v) is 9.59. The molecule has 0 fully saturated rings. The summed E-state index contributed by atoms with van der Waals surface area (Å²) in [6, 6.07) is 12.1. The van der Waals surface area contributed by atoms with Crippen molar-refractivity contribution < 1.29 is 0 Å². The minimum atomic E-state index is 0.761. The predicted octanol–water partition coefficient (Wildman–Crippen LogP) is 5.79. The zero-order chi connectivity index (χ0) is 19.9. The van der Waals surface area contributed by atoms with Crippen molar-refractivity contribution in [2.75, 3.05) is 0 Å². The molecule has 1 aromatic carbocycles. The lowest BCUT2D eigenvalue weighted by atomic mass is 10.1. The zero-order valence-electron chi connectivity index (χ0n) is 17.0. The summed E-state index contributed by atoms with van der Waals surface area (Å²) >= 11 is 0. The van der Waals surface area contributed by atoms with E-state index in [1.807, 2.05) is 68.7 Å². The van der Waals surface area contributed by atoms with E-state index in [-0.39, 0.29) is 0 Å². The van der Waals surface area contributed by atoms with Gasteiger partial charge in [-0.15, -0.1) is 0 Å². The highest BCUT2D eigenvalue weighted by Gasteiger charge is 2.08. The molecule has 0 saturated heterocycles. The number of aryl methyl sites for hydroxylation is 1. The lowest BCUT2D eigenvalue weighted by molar-refractivity contribution is 0.841. The largest absolute Gasteiger partial charge is 0.258 e. The van der Waals surface area contributed by atoms with Gasteiger partial charge in [0, 0.05) is 41.2 Å². The molecule has 4 nitrogen and oxygen atoms in total. The van der Waals surface area contributed by atoms with Gasteiger partial charge in [-0.2, -0.15) is 0 Å². The maximum atomic E-state index is 4.93. The molecule has 0 aliphatic rings. The number of nitrogens with zero attached hydrogens (tertiary/aromatic N) is 4. The summed E-state index contributed by atoms with van der Waals surface area (Å²) < 4.78 is 0. The lowest BCUT2D eigenvalue weighted by Gasteiger charge is -2.09. The minimum absolute atomic E-state index is 0.761. The number of benzene rings is 1. The third kappa shape index (κ3) is 4.77. The number of fused-ring (bicyclic) bond motifs is 1. The van der Waals surface area contributed by atoms with Crippen molar-refractivity contribution in [3.63, 3.8) is 0 Å². The number of pyridine rings is 1. The van der Waals surface area contributed by atoms with Gasteiger partial charge in [-0.25, -0.2) is 9.97 Å². The Kier molecular flexibility index (Phi) is 6.43. The van der Waals surface area contributed by atoms with Gasteiger partial charge in [0.15, 0.2) is 0 Å². The topological polar surface area (TPSA) is 51.0 Å². The quantitative estimate of drug-likeness (QED) is 0.516. The molecule has 0 aliphatic heterocycles. The van der Waals surface area contributed by atoms with Crippen LogP contribution in [-0.2, 0) is 6.42 Å². The van der Waals surface area contributed by atoms with E-state index in [0.717, 1.165) is 52.2 Å². The molecule has 0 N–H and O–H groups in total. The number of rotatable bonds is 6. The second kappa shape index (κ2) is 9.18. The average Bonchev–Trinajstić information content (AvgIpc) is 2.71. The molecular formula is C24H26N4. The summed E-state index contributed by atoms with van der Waals surface area (Å²) in [4.78, 5) is 18.6. The van der Waals surface area contributed by atoms with Crippen LogP contribution in [0.2, 0.25) is 0 Å². The van der Waals surface area contributed by atoms with E-state index in [4.69, 9.17) is 4.99 Å². The van der Waals surface area contributed by atoms with E-state index in [1.165, 1.54) is 5.57 Å². The normalized spacial score (nSPS) is 11.9. The van der Waals surface area contributed by atoms with Crippen LogP contribution in [-0.4, -0.2) is 20.7 Å². The fraction of sp³-hybridized carbons (Fsp3) is 0.250. The molecule has 0 amide bonds. The van der Waals surface area contributed by atoms with E-state index in [0.29, 0.717) is 0 Å². The molecule has 28 heavy (non-hydrogen) atoms. The molecule has 4 heteroatoms. The van der Waals surface area contributed by atoms with Gasteiger partial charge in [0.2, 0.25) is 0 Å². The van der Waals surface area contributed by atoms with Gasteiger partial charge >= 0.3 is 0 Å². The molecule has 3 aromatic rings. The summed E-state index contributed by atoms with van der Waals surface area (Å²) in [6.45, 7) is 8.24. The van der Waals surface area contributed by atoms with Crippen molar-refractivity contribution in [1.82, 2.24) is 15.0 Å². The molecule has 3 rings (SSSR count). The highest BCUT2D eigenvalue weighted by atomic mass is 14.9. The third-order valence-corrected chi connectivity index (χ3v) is 4.56. The monoisotopic (exact) mass is 370 g/mol. The Morgan fingerprint density at radius 1 is 1.04 bits per heavy atom. The van der Waals surface area contributed by atoms with Crippen molar-refractivity contribution in [3.8, 4) is 0 Å². The van der Waals surface area contributed by atoms with Gasteiger partial charge in [-0.05, 0) is 58.4 Å². The molecule has 142 valence electrons. The summed E-state index contributed by atoms with van der Waals surface area (Å²) in [6.07, 6.45) is 9.28. The van der Waals surface area contributed by atoms with Gasteiger partial charge < -0.3 is 0 Å². The first-order valence-electron chi connectivity index (χ1n) is 9.59. The fourth-order valence-corrected chi connectivity index (χ4v) is 3.06. The van der Waals surface area contributed by atoms with Gasteiger partial charge in [-0.1, -0.05) is 29.8 Å². The van der Waals surface area contributed by atoms with Crippen molar-refractivity contribution in [1.29, 1.82) is 0 Å². The number of para-hydroxylation sites is 1. The predicted molar refractivity (Wildman–Crippen MR) is 117 cm³/mol. The Morgan fingerprint density at radius 3 is 2.64 bits per heavy atom. The van der Waals surface area contributed by atoms with E-state index < -0.39 is 0 Å². The van der Waals surface area contributed by atoms with Crippen LogP contribution in [0.25, 0.3) is 17.0 Å². The summed E-state index contributed by atoms with van der Waals surface area (Å²) in [5, 5.41) is 1.07. The van der Waals surface area contributed by atoms with Gasteiger partial charge in [0.05, 0.1) is 11.2 Å². The third-order valence-electron chi connectivity index (χ3n) is 4.56. The smallest absolute Gasteiger partial charge is 0.129 e. The number of aliphatic imine (C=N–C) groups is 1. The van der Waals surface area contributed by atoms with Crippen molar-refractivity contribution in [3.05, 3.63) is 83.2 Å². The lowest BCUT2D eigenvalue weighted by Crippen LogP contribution is -2.02. The molecular weight excluding hydrogens is 344 g/mol. The van der Waals surface area contributed by atoms with Crippen LogP contribution in [0, 0.1) is 0 Å². The number of hydrogen-bond donors (Lipinski definition) is 0. The van der Waals surface area contributed by atoms with Crippen LogP contribution in [0.15, 0.2) is 71.1 Å². The minimum Gasteiger partial charge on any atom is -0.258 e. The molecule has 0 atom stereocenters. The van der Waals surface area contributed by atoms with E-state index in [9.17, 15) is 0 Å². The molecule has 0 spiro atoms. The standard InChI is InChI=1S/C24H26N4/c1-5-9-23-20(11-8-15-25-23)18(4)27-21(17(2)3)13-14-24-26-16-19-10-6-7-12-22(19)28-24/h5-12,15-16H,13-14H2,1-4H3/b9-5-,27-18+. The number of aromatic nitrogens is 3. The molecule has 0 saturated carbocycles. The first kappa shape index (κ1) is 19.6. The maximum Gasteiger partial charge on any atom is 0.129 e. The van der Waals surface area contributed by atoms with Gasteiger partial charge in [-0.3, -0.25) is 9.98 Å². The Bertz CT molecular complexity index is 1060. The van der Waals surface area contributed by atoms with Crippen LogP contribution in [0.1, 0.15) is 51.2 Å². The molecule has 2 aromatic heterocycles. The van der Waals surface area contributed by atoms with Crippen molar-refractivity contribution in [2.45, 2.75) is 40.5 Å². The summed E-state index contributed by atoms with van der Waals surface area (Å²) in [7, 11) is 0. The number of hydrogen-bond acceptors (Lipinski definition) is 4. The molecule has 0 bridgehead atoms. The molecule has 2 heterocycles. The van der Waals surface area contributed by atoms with Crippen LogP contribution >= 0.6 is 0 Å². The highest BCUT2D eigenvalue weighted by molar-refractivity contribution is 6.01. The van der Waals surface area contributed by atoms with Crippen LogP contribution in [0.3, 0.4) is 0 Å². The summed E-state index contributed by atoms with van der Waals surface area (Å²) in [5.74, 6) is 0.848. The van der Waals surface area contributed by atoms with Crippen LogP contribution < -0.4 is 0 Å². The molecule has 0 unspecified atom stereocenters. The molecule has 0 aliphatic carbocycles. The Balaban J connectivity index is 1.82. The van der Waals surface area contributed by atoms with E-state index in [2.05, 4.69) is 34.9 Å². The second-order valence-electron chi connectivity index (χ2n) is 6.93. The van der Waals surface area contributed by atoms with Gasteiger partial charge in [0.1, 0.15) is 5.82 Å². The van der Waals surface area contributed by atoms with E-state index in [1.54, 1.807) is 0 Å².